The average molecular weight is 401 g/mol. The van der Waals surface area contributed by atoms with Gasteiger partial charge in [0.1, 0.15) is 11.6 Å². The summed E-state index contributed by atoms with van der Waals surface area (Å²) in [6, 6.07) is 8.13. The molecule has 0 radical (unpaired) electrons. The lowest BCUT2D eigenvalue weighted by Crippen LogP contribution is -2.35. The van der Waals surface area contributed by atoms with Crippen molar-refractivity contribution >= 4 is 33.2 Å². The number of hydrogen-bond acceptors (Lipinski definition) is 4. The zero-order valence-electron chi connectivity index (χ0n) is 14.4. The smallest absolute Gasteiger partial charge is 0.243 e. The van der Waals surface area contributed by atoms with Gasteiger partial charge in [-0.3, -0.25) is 4.79 Å². The van der Waals surface area contributed by atoms with E-state index in [-0.39, 0.29) is 15.6 Å². The first-order chi connectivity index (χ1) is 12.1. The molecule has 2 rings (SSSR count). The van der Waals surface area contributed by atoms with E-state index in [0.717, 1.165) is 10.4 Å². The van der Waals surface area contributed by atoms with Crippen LogP contribution in [-0.2, 0) is 14.8 Å². The first kappa shape index (κ1) is 20.2. The van der Waals surface area contributed by atoms with E-state index < -0.39 is 28.3 Å². The Hall–Kier alpha value is -2.16. The van der Waals surface area contributed by atoms with Crippen LogP contribution in [0.2, 0.25) is 5.02 Å². The molecule has 0 aliphatic heterocycles. The van der Waals surface area contributed by atoms with E-state index in [1.165, 1.54) is 38.4 Å². The Morgan fingerprint density at radius 2 is 1.96 bits per heavy atom. The molecule has 1 N–H and O–H groups in total. The predicted molar refractivity (Wildman–Crippen MR) is 97.6 cm³/mol. The Morgan fingerprint density at radius 1 is 1.27 bits per heavy atom. The molecule has 0 bridgehead atoms. The van der Waals surface area contributed by atoms with Crippen LogP contribution in [0.15, 0.2) is 41.3 Å². The molecule has 2 aromatic rings. The van der Waals surface area contributed by atoms with Gasteiger partial charge < -0.3 is 10.1 Å². The normalized spacial score (nSPS) is 11.5. The Bertz CT molecular complexity index is 934. The van der Waals surface area contributed by atoms with Crippen LogP contribution in [0, 0.1) is 12.7 Å². The van der Waals surface area contributed by atoms with Crippen molar-refractivity contribution in [2.75, 3.05) is 26.0 Å². The number of nitrogens with zero attached hydrogens (tertiary/aromatic N) is 1. The van der Waals surface area contributed by atoms with Gasteiger partial charge in [-0.1, -0.05) is 11.6 Å². The van der Waals surface area contributed by atoms with Gasteiger partial charge in [0.2, 0.25) is 15.9 Å². The summed E-state index contributed by atoms with van der Waals surface area (Å²) in [5, 5.41) is 2.34. The average Bonchev–Trinajstić information content (AvgIpc) is 2.57. The molecule has 140 valence electrons. The van der Waals surface area contributed by atoms with Crippen LogP contribution in [0.4, 0.5) is 10.1 Å². The van der Waals surface area contributed by atoms with Gasteiger partial charge >= 0.3 is 0 Å². The van der Waals surface area contributed by atoms with Crippen molar-refractivity contribution in [1.82, 2.24) is 4.31 Å². The van der Waals surface area contributed by atoms with E-state index in [0.29, 0.717) is 11.3 Å². The van der Waals surface area contributed by atoms with Crippen LogP contribution in [0.5, 0.6) is 5.75 Å². The molecule has 9 heteroatoms. The van der Waals surface area contributed by atoms with Gasteiger partial charge in [0.05, 0.1) is 23.6 Å². The number of nitrogens with one attached hydrogen (secondary N) is 1. The maximum absolute atomic E-state index is 13.1. The summed E-state index contributed by atoms with van der Waals surface area (Å²) in [7, 11) is -1.07. The summed E-state index contributed by atoms with van der Waals surface area (Å²) in [6.07, 6.45) is 0. The van der Waals surface area contributed by atoms with Gasteiger partial charge in [0.15, 0.2) is 0 Å². The molecule has 6 nitrogen and oxygen atoms in total. The van der Waals surface area contributed by atoms with Crippen molar-refractivity contribution in [2.45, 2.75) is 11.8 Å². The molecule has 2 aromatic carbocycles. The third kappa shape index (κ3) is 4.51. The van der Waals surface area contributed by atoms with Gasteiger partial charge in [0, 0.05) is 12.7 Å². The quantitative estimate of drug-likeness (QED) is 0.808. The highest BCUT2D eigenvalue weighted by molar-refractivity contribution is 7.89. The van der Waals surface area contributed by atoms with Crippen molar-refractivity contribution in [3.05, 3.63) is 52.8 Å². The van der Waals surface area contributed by atoms with Crippen LogP contribution in [0.3, 0.4) is 0 Å². The summed E-state index contributed by atoms with van der Waals surface area (Å²) >= 11 is 5.65. The molecule has 0 saturated carbocycles. The Morgan fingerprint density at radius 3 is 2.54 bits per heavy atom. The van der Waals surface area contributed by atoms with Gasteiger partial charge in [0.25, 0.3) is 0 Å². The summed E-state index contributed by atoms with van der Waals surface area (Å²) in [4.78, 5) is 12.1. The monoisotopic (exact) mass is 400 g/mol. The van der Waals surface area contributed by atoms with Crippen LogP contribution in [0.1, 0.15) is 5.56 Å². The number of hydrogen-bond donors (Lipinski definition) is 1. The maximum atomic E-state index is 13.1. The van der Waals surface area contributed by atoms with E-state index in [9.17, 15) is 17.6 Å². The molecule has 0 atom stereocenters. The number of ether oxygens (including phenoxy) is 1. The SMILES string of the molecule is COc1ccc(S(=O)(=O)N(C)CC(=O)Nc2ccc(F)c(Cl)c2)cc1C. The largest absolute Gasteiger partial charge is 0.496 e. The molecule has 0 heterocycles. The number of halogens is 2. The van der Waals surface area contributed by atoms with Gasteiger partial charge in [-0.15, -0.1) is 0 Å². The van der Waals surface area contributed by atoms with Crippen molar-refractivity contribution in [3.63, 3.8) is 0 Å². The molecule has 0 spiro atoms. The maximum Gasteiger partial charge on any atom is 0.243 e. The van der Waals surface area contributed by atoms with E-state index in [1.54, 1.807) is 13.0 Å². The minimum Gasteiger partial charge on any atom is -0.496 e. The highest BCUT2D eigenvalue weighted by Crippen LogP contribution is 2.23. The van der Waals surface area contributed by atoms with E-state index >= 15 is 0 Å². The number of amides is 1. The summed E-state index contributed by atoms with van der Waals surface area (Å²) < 4.78 is 44.4. The fraction of sp³-hybridized carbons (Fsp3) is 0.235. The number of aryl methyl sites for hydroxylation is 1. The number of methoxy groups -OCH3 is 1. The second-order valence-electron chi connectivity index (χ2n) is 5.57. The highest BCUT2D eigenvalue weighted by atomic mass is 35.5. The van der Waals surface area contributed by atoms with E-state index in [1.807, 2.05) is 0 Å². The topological polar surface area (TPSA) is 75.7 Å². The molecular weight excluding hydrogens is 383 g/mol. The fourth-order valence-electron chi connectivity index (χ4n) is 2.25. The first-order valence-electron chi connectivity index (χ1n) is 7.51. The van der Waals surface area contributed by atoms with Gasteiger partial charge in [-0.25, -0.2) is 12.8 Å². The first-order valence-corrected chi connectivity index (χ1v) is 9.33. The van der Waals surface area contributed by atoms with Gasteiger partial charge in [-0.2, -0.15) is 4.31 Å². The zero-order chi connectivity index (χ0) is 19.5. The second kappa shape index (κ2) is 8.03. The van der Waals surface area contributed by atoms with Crippen molar-refractivity contribution < 1.29 is 22.3 Å². The van der Waals surface area contributed by atoms with E-state index in [2.05, 4.69) is 5.32 Å². The standard InChI is InChI=1S/C17H18ClFN2O4S/c1-11-8-13(5-7-16(11)25-3)26(23,24)21(2)10-17(22)20-12-4-6-15(19)14(18)9-12/h4-9H,10H2,1-3H3,(H,20,22). The Labute approximate surface area is 156 Å². The number of anilines is 1. The molecule has 0 unspecified atom stereocenters. The van der Waals surface area contributed by atoms with Crippen molar-refractivity contribution in [3.8, 4) is 5.75 Å². The lowest BCUT2D eigenvalue weighted by atomic mass is 10.2. The lowest BCUT2D eigenvalue weighted by molar-refractivity contribution is -0.116. The molecule has 1 amide bonds. The zero-order valence-corrected chi connectivity index (χ0v) is 16.0. The molecule has 0 aliphatic rings. The minimum absolute atomic E-state index is 0.0518. The molecule has 0 fully saturated rings. The van der Waals surface area contributed by atoms with Gasteiger partial charge in [-0.05, 0) is 48.9 Å². The summed E-state index contributed by atoms with van der Waals surface area (Å²) in [6.45, 7) is 1.31. The molecule has 0 saturated heterocycles. The number of sulfonamides is 1. The predicted octanol–water partition coefficient (Wildman–Crippen LogP) is 3.06. The van der Waals surface area contributed by atoms with Crippen LogP contribution in [-0.4, -0.2) is 39.3 Å². The van der Waals surface area contributed by atoms with Crippen LogP contribution >= 0.6 is 11.6 Å². The lowest BCUT2D eigenvalue weighted by Gasteiger charge is -2.18. The van der Waals surface area contributed by atoms with E-state index in [4.69, 9.17) is 16.3 Å². The molecule has 0 aromatic heterocycles. The molecular formula is C17H18ClFN2O4S. The summed E-state index contributed by atoms with van der Waals surface area (Å²) in [5.41, 5.74) is 0.930. The number of rotatable bonds is 6. The number of benzene rings is 2. The second-order valence-corrected chi connectivity index (χ2v) is 8.02. The summed E-state index contributed by atoms with van der Waals surface area (Å²) in [5.74, 6) is -0.624. The Balaban J connectivity index is 2.11. The Kier molecular flexibility index (Phi) is 6.22. The van der Waals surface area contributed by atoms with Crippen LogP contribution < -0.4 is 10.1 Å². The third-order valence-corrected chi connectivity index (χ3v) is 5.73. The fourth-order valence-corrected chi connectivity index (χ4v) is 3.65. The molecule has 26 heavy (non-hydrogen) atoms. The highest BCUT2D eigenvalue weighted by Gasteiger charge is 2.23. The number of likely N-dealkylation sites (N-methyl/N-ethyl adjacent to an activating group) is 1. The van der Waals surface area contributed by atoms with Crippen LogP contribution in [0.25, 0.3) is 0 Å². The minimum atomic E-state index is -3.86. The number of carbonyl (C=O) groups excluding carboxylic acids is 1. The van der Waals surface area contributed by atoms with Crippen molar-refractivity contribution in [1.29, 1.82) is 0 Å². The van der Waals surface area contributed by atoms with Crippen molar-refractivity contribution in [2.24, 2.45) is 0 Å². The third-order valence-electron chi connectivity index (χ3n) is 3.64. The molecule has 0 aliphatic carbocycles. The number of carbonyl (C=O) groups is 1.